The van der Waals surface area contributed by atoms with Gasteiger partial charge in [0.2, 0.25) is 0 Å². The lowest BCUT2D eigenvalue weighted by molar-refractivity contribution is 0.0397. The van der Waals surface area contributed by atoms with Crippen LogP contribution < -0.4 is 0 Å². The predicted octanol–water partition coefficient (Wildman–Crippen LogP) is 2.27. The standard InChI is InChI=1S/C24H6N8O3/c1-11-13(3-25)17(7-29)21(18(8-30)14(11)4-26)23(33)35-24(34)22-19(9-31)15(5-27)12(2)16(6-28)20(22)10-32/h1-2H3. The van der Waals surface area contributed by atoms with Crippen LogP contribution in [0.1, 0.15) is 76.4 Å². The highest BCUT2D eigenvalue weighted by Gasteiger charge is 2.32. The maximum atomic E-state index is 13.0. The second-order valence-corrected chi connectivity index (χ2v) is 6.57. The van der Waals surface area contributed by atoms with Gasteiger partial charge in [-0.1, -0.05) is 0 Å². The van der Waals surface area contributed by atoms with E-state index in [-0.39, 0.29) is 11.1 Å². The second kappa shape index (κ2) is 9.75. The Morgan fingerprint density at radius 3 is 0.829 bits per heavy atom. The average Bonchev–Trinajstić information content (AvgIpc) is 2.86. The number of nitrogens with zero attached hydrogens (tertiary/aromatic N) is 8. The summed E-state index contributed by atoms with van der Waals surface area (Å²) in [6.07, 6.45) is 0. The molecule has 0 atom stereocenters. The number of esters is 2. The Labute approximate surface area is 197 Å². The molecule has 0 fully saturated rings. The summed E-state index contributed by atoms with van der Waals surface area (Å²) < 4.78 is 4.75. The number of ether oxygens (including phenoxy) is 1. The molecular weight excluding hydrogens is 448 g/mol. The molecule has 0 aliphatic carbocycles. The summed E-state index contributed by atoms with van der Waals surface area (Å²) in [5.41, 5.74) is -5.85. The minimum atomic E-state index is -1.62. The van der Waals surface area contributed by atoms with E-state index in [0.29, 0.717) is 0 Å². The fourth-order valence-corrected chi connectivity index (χ4v) is 3.35. The molecule has 0 saturated heterocycles. The topological polar surface area (TPSA) is 234 Å². The Kier molecular flexibility index (Phi) is 6.90. The number of rotatable bonds is 2. The molecule has 2 aromatic rings. The lowest BCUT2D eigenvalue weighted by Gasteiger charge is -2.14. The molecule has 0 aliphatic rings. The lowest BCUT2D eigenvalue weighted by Crippen LogP contribution is -2.20. The molecule has 2 aromatic carbocycles. The lowest BCUT2D eigenvalue weighted by atomic mass is 9.88. The highest BCUT2D eigenvalue weighted by Crippen LogP contribution is 2.30. The van der Waals surface area contributed by atoms with E-state index >= 15 is 0 Å². The van der Waals surface area contributed by atoms with Crippen LogP contribution in [0.25, 0.3) is 0 Å². The van der Waals surface area contributed by atoms with Crippen LogP contribution in [-0.4, -0.2) is 11.9 Å². The van der Waals surface area contributed by atoms with Crippen LogP contribution >= 0.6 is 0 Å². The van der Waals surface area contributed by atoms with Gasteiger partial charge in [0.05, 0.1) is 55.6 Å². The van der Waals surface area contributed by atoms with Gasteiger partial charge in [-0.05, 0) is 25.0 Å². The Bertz CT molecular complexity index is 1480. The van der Waals surface area contributed by atoms with Crippen molar-refractivity contribution < 1.29 is 14.3 Å². The van der Waals surface area contributed by atoms with E-state index in [1.54, 1.807) is 48.6 Å². The van der Waals surface area contributed by atoms with Gasteiger partial charge in [-0.15, -0.1) is 0 Å². The molecule has 0 aromatic heterocycles. The molecule has 11 nitrogen and oxygen atoms in total. The third-order valence-corrected chi connectivity index (χ3v) is 4.99. The number of benzene rings is 2. The van der Waals surface area contributed by atoms with Gasteiger partial charge in [0.25, 0.3) is 0 Å². The van der Waals surface area contributed by atoms with E-state index in [4.69, 9.17) is 4.74 Å². The second-order valence-electron chi connectivity index (χ2n) is 6.57. The molecule has 0 saturated carbocycles. The molecule has 160 valence electrons. The van der Waals surface area contributed by atoms with Gasteiger partial charge in [-0.3, -0.25) is 0 Å². The summed E-state index contributed by atoms with van der Waals surface area (Å²) in [5.74, 6) is -3.25. The molecule has 0 heterocycles. The van der Waals surface area contributed by atoms with Crippen molar-refractivity contribution >= 4 is 11.9 Å². The van der Waals surface area contributed by atoms with Gasteiger partial charge in [0.15, 0.2) is 0 Å². The van der Waals surface area contributed by atoms with Crippen molar-refractivity contribution in [2.24, 2.45) is 0 Å². The van der Waals surface area contributed by atoms with Gasteiger partial charge in [-0.25, -0.2) is 9.59 Å². The van der Waals surface area contributed by atoms with Crippen molar-refractivity contribution in [2.75, 3.05) is 0 Å². The van der Waals surface area contributed by atoms with Crippen LogP contribution in [0.2, 0.25) is 0 Å². The molecule has 0 unspecified atom stereocenters. The zero-order valence-corrected chi connectivity index (χ0v) is 17.8. The summed E-state index contributed by atoms with van der Waals surface area (Å²) in [5, 5.41) is 75.8. The van der Waals surface area contributed by atoms with Gasteiger partial charge in [-0.2, -0.15) is 42.1 Å². The van der Waals surface area contributed by atoms with Crippen molar-refractivity contribution in [2.45, 2.75) is 13.8 Å². The Morgan fingerprint density at radius 2 is 0.657 bits per heavy atom. The molecule has 0 spiro atoms. The maximum Gasteiger partial charge on any atom is 0.348 e. The fraction of sp³-hybridized carbons (Fsp3) is 0.0833. The molecule has 0 amide bonds. The zero-order chi connectivity index (χ0) is 26.4. The summed E-state index contributed by atoms with van der Waals surface area (Å²) in [6, 6.07) is 13.0. The number of hydrogen-bond acceptors (Lipinski definition) is 11. The first-order chi connectivity index (χ1) is 16.7. The van der Waals surface area contributed by atoms with Crippen molar-refractivity contribution in [3.05, 3.63) is 66.8 Å². The Morgan fingerprint density at radius 1 is 0.457 bits per heavy atom. The molecule has 35 heavy (non-hydrogen) atoms. The number of carbonyl (C=O) groups is 2. The maximum absolute atomic E-state index is 13.0. The third kappa shape index (κ3) is 3.70. The first-order valence-electron chi connectivity index (χ1n) is 9.11. The molecule has 0 N–H and O–H groups in total. The van der Waals surface area contributed by atoms with E-state index in [1.165, 1.54) is 13.8 Å². The molecular formula is C24H6N8O3. The van der Waals surface area contributed by atoms with E-state index < -0.39 is 67.6 Å². The first kappa shape index (κ1) is 24.8. The van der Waals surface area contributed by atoms with E-state index in [9.17, 15) is 51.7 Å². The predicted molar refractivity (Wildman–Crippen MR) is 110 cm³/mol. The van der Waals surface area contributed by atoms with Gasteiger partial charge >= 0.3 is 11.9 Å². The van der Waals surface area contributed by atoms with Crippen molar-refractivity contribution in [3.8, 4) is 48.6 Å². The smallest absolute Gasteiger partial charge is 0.348 e. The van der Waals surface area contributed by atoms with Crippen molar-refractivity contribution in [3.63, 3.8) is 0 Å². The van der Waals surface area contributed by atoms with Crippen LogP contribution in [0.4, 0.5) is 0 Å². The van der Waals surface area contributed by atoms with Crippen LogP contribution in [0.3, 0.4) is 0 Å². The quantitative estimate of drug-likeness (QED) is 0.471. The minimum absolute atomic E-state index is 0.0413. The minimum Gasteiger partial charge on any atom is -0.386 e. The van der Waals surface area contributed by atoms with E-state index in [0.717, 1.165) is 0 Å². The Balaban J connectivity index is 2.89. The molecule has 2 rings (SSSR count). The van der Waals surface area contributed by atoms with Gasteiger partial charge < -0.3 is 4.74 Å². The fourth-order valence-electron chi connectivity index (χ4n) is 3.35. The number of hydrogen-bond donors (Lipinski definition) is 0. The highest BCUT2D eigenvalue weighted by atomic mass is 16.6. The third-order valence-electron chi connectivity index (χ3n) is 4.99. The number of nitriles is 8. The Hall–Kier alpha value is -6.50. The summed E-state index contributed by atoms with van der Waals surface area (Å²) in [6.45, 7) is 2.58. The summed E-state index contributed by atoms with van der Waals surface area (Å²) in [4.78, 5) is 25.9. The molecule has 11 heteroatoms. The van der Waals surface area contributed by atoms with E-state index in [2.05, 4.69) is 0 Å². The summed E-state index contributed by atoms with van der Waals surface area (Å²) in [7, 11) is 0. The average molecular weight is 454 g/mol. The van der Waals surface area contributed by atoms with Crippen LogP contribution in [0.5, 0.6) is 0 Å². The molecule has 0 aliphatic heterocycles. The first-order valence-corrected chi connectivity index (χ1v) is 9.11. The van der Waals surface area contributed by atoms with Crippen molar-refractivity contribution in [1.29, 1.82) is 42.1 Å². The molecule has 0 radical (unpaired) electrons. The highest BCUT2D eigenvalue weighted by molar-refractivity contribution is 6.08. The normalized spacial score (nSPS) is 8.86. The number of carbonyl (C=O) groups excluding carboxylic acids is 2. The zero-order valence-electron chi connectivity index (χ0n) is 17.8. The molecule has 0 bridgehead atoms. The van der Waals surface area contributed by atoms with Gasteiger partial charge in [0, 0.05) is 0 Å². The largest absolute Gasteiger partial charge is 0.386 e. The summed E-state index contributed by atoms with van der Waals surface area (Å²) >= 11 is 0. The SMILES string of the molecule is Cc1c(C#N)c(C#N)c(C(=O)OC(=O)c2c(C#N)c(C#N)c(C)c(C#N)c2C#N)c(C#N)c1C#N. The monoisotopic (exact) mass is 454 g/mol. The van der Waals surface area contributed by atoms with Crippen LogP contribution in [-0.2, 0) is 4.74 Å². The van der Waals surface area contributed by atoms with Crippen LogP contribution in [0, 0.1) is 104 Å². The van der Waals surface area contributed by atoms with Crippen molar-refractivity contribution in [1.82, 2.24) is 0 Å². The van der Waals surface area contributed by atoms with E-state index in [1.807, 2.05) is 0 Å². The van der Waals surface area contributed by atoms with Crippen LogP contribution in [0.15, 0.2) is 0 Å². The van der Waals surface area contributed by atoms with Gasteiger partial charge in [0.1, 0.15) is 48.6 Å².